The normalized spacial score (nSPS) is 11.2. The van der Waals surface area contributed by atoms with Crippen LogP contribution >= 0.6 is 0 Å². The van der Waals surface area contributed by atoms with Gasteiger partial charge in [0.05, 0.1) is 18.5 Å². The maximum atomic E-state index is 13.6. The van der Waals surface area contributed by atoms with E-state index in [-0.39, 0.29) is 11.0 Å². The molecule has 0 bridgehead atoms. The Morgan fingerprint density at radius 3 is 2.30 bits per heavy atom. The van der Waals surface area contributed by atoms with Crippen molar-refractivity contribution in [3.63, 3.8) is 0 Å². The van der Waals surface area contributed by atoms with E-state index >= 15 is 0 Å². The molecule has 9 nitrogen and oxygen atoms in total. The largest absolute Gasteiger partial charge is 0.492 e. The molecule has 0 aliphatic heterocycles. The van der Waals surface area contributed by atoms with Gasteiger partial charge in [0.1, 0.15) is 5.82 Å². The van der Waals surface area contributed by atoms with Gasteiger partial charge in [0.15, 0.2) is 5.75 Å². The monoisotopic (exact) mass is 588 g/mol. The zero-order valence-electron chi connectivity index (χ0n) is 25.5. The Labute approximate surface area is 257 Å². The SMILES string of the molecule is CCN(c1ccccc1)c1nccc(Nc2ccc(C(=O)C(=O)Nc3cc(C(C)(C)C)cc(N)c3OC)c3ccccc23)n1. The van der Waals surface area contributed by atoms with Crippen molar-refractivity contribution < 1.29 is 14.3 Å². The van der Waals surface area contributed by atoms with Crippen LogP contribution in [0.1, 0.15) is 43.6 Å². The summed E-state index contributed by atoms with van der Waals surface area (Å²) in [6.07, 6.45) is 1.70. The number of hydrogen-bond donors (Lipinski definition) is 3. The highest BCUT2D eigenvalue weighted by Crippen LogP contribution is 2.37. The minimum absolute atomic E-state index is 0.232. The topological polar surface area (TPSA) is 122 Å². The van der Waals surface area contributed by atoms with Crippen LogP contribution in [0.4, 0.5) is 34.5 Å². The van der Waals surface area contributed by atoms with Gasteiger partial charge < -0.3 is 26.0 Å². The van der Waals surface area contributed by atoms with Gasteiger partial charge in [0.2, 0.25) is 5.95 Å². The fraction of sp³-hybridized carbons (Fsp3) is 0.200. The molecule has 1 amide bonds. The van der Waals surface area contributed by atoms with E-state index in [0.29, 0.717) is 40.8 Å². The zero-order chi connectivity index (χ0) is 31.4. The lowest BCUT2D eigenvalue weighted by molar-refractivity contribution is -0.112. The van der Waals surface area contributed by atoms with E-state index in [2.05, 4.69) is 15.6 Å². The third-order valence-corrected chi connectivity index (χ3v) is 7.34. The highest BCUT2D eigenvalue weighted by Gasteiger charge is 2.24. The fourth-order valence-electron chi connectivity index (χ4n) is 5.05. The van der Waals surface area contributed by atoms with Crippen LogP contribution in [-0.2, 0) is 10.2 Å². The van der Waals surface area contributed by atoms with Gasteiger partial charge in [0, 0.05) is 35.1 Å². The molecule has 4 aromatic carbocycles. The molecular formula is C35H36N6O3. The standard InChI is InChI=1S/C35H36N6O3/c1-6-41(23-12-8-7-9-13-23)34-37-19-18-30(40-34)38-28-17-16-26(24-14-10-11-15-25(24)28)31(42)33(43)39-29-21-22(35(2,3)4)20-27(36)32(29)44-5/h7-21H,6,36H2,1-5H3,(H,39,43)(H,37,38,40). The molecule has 1 heterocycles. The van der Waals surface area contributed by atoms with Crippen LogP contribution in [0.25, 0.3) is 10.8 Å². The molecule has 0 atom stereocenters. The number of para-hydroxylation sites is 1. The number of anilines is 6. The van der Waals surface area contributed by atoms with Crippen molar-refractivity contribution >= 4 is 57.0 Å². The number of benzene rings is 4. The number of methoxy groups -OCH3 is 1. The molecule has 1 aromatic heterocycles. The van der Waals surface area contributed by atoms with Crippen molar-refractivity contribution in [2.45, 2.75) is 33.1 Å². The first-order chi connectivity index (χ1) is 21.1. The van der Waals surface area contributed by atoms with Gasteiger partial charge in [-0.2, -0.15) is 4.98 Å². The average Bonchev–Trinajstić information content (AvgIpc) is 3.01. The lowest BCUT2D eigenvalue weighted by Gasteiger charge is -2.22. The number of nitrogens with two attached hydrogens (primary N) is 1. The third-order valence-electron chi connectivity index (χ3n) is 7.34. The van der Waals surface area contributed by atoms with Crippen LogP contribution in [0.2, 0.25) is 0 Å². The lowest BCUT2D eigenvalue weighted by Crippen LogP contribution is -2.24. The second-order valence-corrected chi connectivity index (χ2v) is 11.3. The first-order valence-corrected chi connectivity index (χ1v) is 14.4. The molecule has 0 aliphatic rings. The minimum Gasteiger partial charge on any atom is -0.492 e. The number of hydrogen-bond acceptors (Lipinski definition) is 8. The van der Waals surface area contributed by atoms with Gasteiger partial charge in [-0.3, -0.25) is 9.59 Å². The Kier molecular flexibility index (Phi) is 8.48. The Hall–Kier alpha value is -5.44. The van der Waals surface area contributed by atoms with Gasteiger partial charge >= 0.3 is 0 Å². The first kappa shape index (κ1) is 30.0. The van der Waals surface area contributed by atoms with Crippen LogP contribution < -0.4 is 26.0 Å². The molecule has 0 saturated carbocycles. The predicted octanol–water partition coefficient (Wildman–Crippen LogP) is 7.24. The predicted molar refractivity (Wildman–Crippen MR) is 177 cm³/mol. The summed E-state index contributed by atoms with van der Waals surface area (Å²) >= 11 is 0. The van der Waals surface area contributed by atoms with Gasteiger partial charge in [-0.15, -0.1) is 0 Å². The summed E-state index contributed by atoms with van der Waals surface area (Å²) in [5, 5.41) is 7.50. The van der Waals surface area contributed by atoms with Crippen molar-refractivity contribution in [3.8, 4) is 5.75 Å². The number of Topliss-reactive ketones (excluding diaryl/α,β-unsaturated/α-hetero) is 1. The molecule has 9 heteroatoms. The molecule has 5 aromatic rings. The second-order valence-electron chi connectivity index (χ2n) is 11.3. The van der Waals surface area contributed by atoms with E-state index in [4.69, 9.17) is 15.5 Å². The number of carbonyl (C=O) groups is 2. The number of nitrogens with zero attached hydrogens (tertiary/aromatic N) is 3. The van der Waals surface area contributed by atoms with Crippen molar-refractivity contribution in [1.29, 1.82) is 0 Å². The molecule has 0 spiro atoms. The zero-order valence-corrected chi connectivity index (χ0v) is 25.5. The smallest absolute Gasteiger partial charge is 0.296 e. The fourth-order valence-corrected chi connectivity index (χ4v) is 5.05. The minimum atomic E-state index is -0.791. The number of nitrogen functional groups attached to an aromatic ring is 1. The molecular weight excluding hydrogens is 552 g/mol. The molecule has 0 unspecified atom stereocenters. The van der Waals surface area contributed by atoms with Crippen molar-refractivity contribution in [3.05, 3.63) is 102 Å². The lowest BCUT2D eigenvalue weighted by atomic mass is 9.86. The molecule has 0 radical (unpaired) electrons. The summed E-state index contributed by atoms with van der Waals surface area (Å²) in [4.78, 5) is 38.1. The number of aromatic nitrogens is 2. The quantitative estimate of drug-likeness (QED) is 0.0936. The van der Waals surface area contributed by atoms with Crippen molar-refractivity contribution in [2.24, 2.45) is 0 Å². The number of carbonyl (C=O) groups excluding carboxylic acids is 2. The Balaban J connectivity index is 1.44. The second kappa shape index (κ2) is 12.4. The van der Waals surface area contributed by atoms with Crippen LogP contribution in [0.5, 0.6) is 5.75 Å². The summed E-state index contributed by atoms with van der Waals surface area (Å²) in [7, 11) is 1.47. The van der Waals surface area contributed by atoms with E-state index in [0.717, 1.165) is 22.3 Å². The summed E-state index contributed by atoms with van der Waals surface area (Å²) < 4.78 is 5.46. The molecule has 44 heavy (non-hydrogen) atoms. The van der Waals surface area contributed by atoms with Crippen LogP contribution in [0.15, 0.2) is 91.1 Å². The van der Waals surface area contributed by atoms with E-state index in [9.17, 15) is 9.59 Å². The van der Waals surface area contributed by atoms with Gasteiger partial charge in [0.25, 0.3) is 11.7 Å². The van der Waals surface area contributed by atoms with E-state index in [1.165, 1.54) is 7.11 Å². The van der Waals surface area contributed by atoms with E-state index in [1.807, 2.05) is 93.3 Å². The van der Waals surface area contributed by atoms with Gasteiger partial charge in [-0.05, 0) is 65.8 Å². The number of nitrogens with one attached hydrogen (secondary N) is 2. The number of rotatable bonds is 9. The van der Waals surface area contributed by atoms with E-state index < -0.39 is 11.7 Å². The van der Waals surface area contributed by atoms with Gasteiger partial charge in [-0.1, -0.05) is 63.2 Å². The number of ether oxygens (including phenoxy) is 1. The molecule has 0 saturated heterocycles. The van der Waals surface area contributed by atoms with E-state index in [1.54, 1.807) is 30.5 Å². The third kappa shape index (κ3) is 6.17. The van der Waals surface area contributed by atoms with Crippen LogP contribution in [-0.4, -0.2) is 35.3 Å². The highest BCUT2D eigenvalue weighted by atomic mass is 16.5. The number of amides is 1. The van der Waals surface area contributed by atoms with Crippen molar-refractivity contribution in [2.75, 3.05) is 34.9 Å². The Morgan fingerprint density at radius 2 is 1.61 bits per heavy atom. The summed E-state index contributed by atoms with van der Waals surface area (Å²) in [5.74, 6) is -0.0135. The summed E-state index contributed by atoms with van der Waals surface area (Å²) in [5.41, 5.74) is 9.61. The molecule has 5 rings (SSSR count). The number of fused-ring (bicyclic) bond motifs is 1. The molecule has 0 aliphatic carbocycles. The average molecular weight is 589 g/mol. The molecule has 0 fully saturated rings. The Morgan fingerprint density at radius 1 is 0.909 bits per heavy atom. The summed E-state index contributed by atoms with van der Waals surface area (Å²) in [6.45, 7) is 8.85. The summed E-state index contributed by atoms with van der Waals surface area (Å²) in [6, 6.07) is 26.2. The molecule has 4 N–H and O–H groups in total. The van der Waals surface area contributed by atoms with Crippen molar-refractivity contribution in [1.82, 2.24) is 9.97 Å². The molecule has 224 valence electrons. The van der Waals surface area contributed by atoms with Crippen LogP contribution in [0.3, 0.4) is 0 Å². The van der Waals surface area contributed by atoms with Gasteiger partial charge in [-0.25, -0.2) is 4.98 Å². The number of ketones is 1. The first-order valence-electron chi connectivity index (χ1n) is 14.4. The van der Waals surface area contributed by atoms with Crippen LogP contribution in [0, 0.1) is 0 Å². The highest BCUT2D eigenvalue weighted by molar-refractivity contribution is 6.48. The maximum Gasteiger partial charge on any atom is 0.296 e. The Bertz CT molecular complexity index is 1830. The maximum absolute atomic E-state index is 13.6.